The number of rotatable bonds is 6. The maximum atomic E-state index is 12.3. The van der Waals surface area contributed by atoms with E-state index in [-0.39, 0.29) is 35.7 Å². The maximum absolute atomic E-state index is 12.3. The molecule has 7 heteroatoms. The van der Waals surface area contributed by atoms with Crippen LogP contribution < -0.4 is 0 Å². The molecule has 1 amide bonds. The number of amides is 1. The van der Waals surface area contributed by atoms with Gasteiger partial charge >= 0.3 is 0 Å². The van der Waals surface area contributed by atoms with Crippen LogP contribution in [-0.4, -0.2) is 54.0 Å². The van der Waals surface area contributed by atoms with Gasteiger partial charge in [-0.2, -0.15) is 5.10 Å². The number of aromatic amines is 1. The summed E-state index contributed by atoms with van der Waals surface area (Å²) in [5, 5.41) is 7.23. The van der Waals surface area contributed by atoms with E-state index < -0.39 is 9.84 Å². The van der Waals surface area contributed by atoms with Crippen LogP contribution in [0.15, 0.2) is 6.07 Å². The predicted molar refractivity (Wildman–Crippen MR) is 90.0 cm³/mol. The summed E-state index contributed by atoms with van der Waals surface area (Å²) in [6.07, 6.45) is 2.03. The van der Waals surface area contributed by atoms with E-state index in [1.54, 1.807) is 4.90 Å². The largest absolute Gasteiger partial charge is 0.342 e. The lowest BCUT2D eigenvalue weighted by Crippen LogP contribution is -2.40. The third kappa shape index (κ3) is 5.34. The molecule has 1 aliphatic rings. The Morgan fingerprint density at radius 2 is 2.22 bits per heavy atom. The first-order valence-electron chi connectivity index (χ1n) is 8.27. The third-order valence-corrected chi connectivity index (χ3v) is 6.13. The standard InChI is InChI=1S/C16H27N3O3S/c1-12(2)11-23(21,22)8-6-16(20)19-7-4-5-14(10-19)15-9-13(3)17-18-15/h9,12,14H,4-8,10-11H2,1-3H3,(H,17,18). The molecule has 0 spiro atoms. The van der Waals surface area contributed by atoms with Crippen LogP contribution >= 0.6 is 0 Å². The molecule has 1 fully saturated rings. The molecule has 0 radical (unpaired) electrons. The number of nitrogens with zero attached hydrogens (tertiary/aromatic N) is 2. The minimum Gasteiger partial charge on any atom is -0.342 e. The molecule has 130 valence electrons. The van der Waals surface area contributed by atoms with Crippen molar-refractivity contribution in [1.29, 1.82) is 0 Å². The summed E-state index contributed by atoms with van der Waals surface area (Å²) < 4.78 is 23.9. The van der Waals surface area contributed by atoms with Crippen molar-refractivity contribution < 1.29 is 13.2 Å². The fourth-order valence-electron chi connectivity index (χ4n) is 3.09. The zero-order chi connectivity index (χ0) is 17.0. The van der Waals surface area contributed by atoms with Gasteiger partial charge in [0.25, 0.3) is 0 Å². The summed E-state index contributed by atoms with van der Waals surface area (Å²) in [5.74, 6) is 0.374. The van der Waals surface area contributed by atoms with Crippen LogP contribution in [-0.2, 0) is 14.6 Å². The molecule has 1 unspecified atom stereocenters. The van der Waals surface area contributed by atoms with E-state index in [1.807, 2.05) is 26.8 Å². The average Bonchev–Trinajstić information content (AvgIpc) is 2.90. The normalized spacial score (nSPS) is 19.3. The molecule has 1 atom stereocenters. The number of hydrogen-bond donors (Lipinski definition) is 1. The van der Waals surface area contributed by atoms with Crippen molar-refractivity contribution in [3.63, 3.8) is 0 Å². The van der Waals surface area contributed by atoms with Gasteiger partial charge < -0.3 is 4.90 Å². The van der Waals surface area contributed by atoms with Crippen molar-refractivity contribution in [3.8, 4) is 0 Å². The highest BCUT2D eigenvalue weighted by molar-refractivity contribution is 7.91. The van der Waals surface area contributed by atoms with E-state index in [1.165, 1.54) is 0 Å². The third-order valence-electron chi connectivity index (χ3n) is 4.13. The zero-order valence-electron chi connectivity index (χ0n) is 14.2. The molecule has 0 bridgehead atoms. The summed E-state index contributed by atoms with van der Waals surface area (Å²) in [6, 6.07) is 2.02. The van der Waals surface area contributed by atoms with Crippen LogP contribution in [0, 0.1) is 12.8 Å². The smallest absolute Gasteiger partial charge is 0.223 e. The number of piperidine rings is 1. The second kappa shape index (κ2) is 7.47. The molecule has 1 N–H and O–H groups in total. The molecule has 0 saturated carbocycles. The minimum absolute atomic E-state index is 0.0489. The molecule has 1 aliphatic heterocycles. The molecule has 23 heavy (non-hydrogen) atoms. The first-order chi connectivity index (χ1) is 10.8. The van der Waals surface area contributed by atoms with Crippen LogP contribution in [0.5, 0.6) is 0 Å². The van der Waals surface area contributed by atoms with Crippen LogP contribution in [0.3, 0.4) is 0 Å². The van der Waals surface area contributed by atoms with Crippen LogP contribution in [0.25, 0.3) is 0 Å². The highest BCUT2D eigenvalue weighted by atomic mass is 32.2. The van der Waals surface area contributed by atoms with E-state index in [4.69, 9.17) is 0 Å². The molecule has 2 rings (SSSR count). The fraction of sp³-hybridized carbons (Fsp3) is 0.750. The Morgan fingerprint density at radius 3 is 2.83 bits per heavy atom. The molecule has 1 aromatic heterocycles. The molecular weight excluding hydrogens is 314 g/mol. The van der Waals surface area contributed by atoms with Crippen LogP contribution in [0.1, 0.15) is 50.4 Å². The van der Waals surface area contributed by atoms with Crippen molar-refractivity contribution in [2.24, 2.45) is 5.92 Å². The molecule has 1 saturated heterocycles. The van der Waals surface area contributed by atoms with Gasteiger partial charge in [0.05, 0.1) is 17.2 Å². The maximum Gasteiger partial charge on any atom is 0.223 e. The summed E-state index contributed by atoms with van der Waals surface area (Å²) >= 11 is 0. The van der Waals surface area contributed by atoms with Crippen molar-refractivity contribution in [1.82, 2.24) is 15.1 Å². The van der Waals surface area contributed by atoms with Crippen molar-refractivity contribution in [2.45, 2.75) is 46.0 Å². The van der Waals surface area contributed by atoms with Gasteiger partial charge in [0.2, 0.25) is 5.91 Å². The SMILES string of the molecule is Cc1cc(C2CCCN(C(=O)CCS(=O)(=O)CC(C)C)C2)n[nH]1. The van der Waals surface area contributed by atoms with Gasteiger partial charge in [-0.3, -0.25) is 9.89 Å². The Labute approximate surface area is 138 Å². The second-order valence-corrected chi connectivity index (χ2v) is 9.14. The van der Waals surface area contributed by atoms with Gasteiger partial charge in [0.15, 0.2) is 9.84 Å². The lowest BCUT2D eigenvalue weighted by molar-refractivity contribution is -0.132. The monoisotopic (exact) mass is 341 g/mol. The molecule has 1 aromatic rings. The Morgan fingerprint density at radius 1 is 1.48 bits per heavy atom. The van der Waals surface area contributed by atoms with Crippen molar-refractivity contribution in [2.75, 3.05) is 24.6 Å². The summed E-state index contributed by atoms with van der Waals surface area (Å²) in [5.41, 5.74) is 2.01. The number of hydrogen-bond acceptors (Lipinski definition) is 4. The second-order valence-electron chi connectivity index (χ2n) is 6.91. The van der Waals surface area contributed by atoms with Gasteiger partial charge in [-0.1, -0.05) is 13.8 Å². The Balaban J connectivity index is 1.89. The Bertz CT molecular complexity index is 637. The molecule has 0 aromatic carbocycles. The average molecular weight is 341 g/mol. The number of carbonyl (C=O) groups is 1. The number of sulfone groups is 1. The van der Waals surface area contributed by atoms with Gasteiger partial charge in [0, 0.05) is 31.1 Å². The number of aryl methyl sites for hydroxylation is 1. The van der Waals surface area contributed by atoms with Gasteiger partial charge in [-0.15, -0.1) is 0 Å². The summed E-state index contributed by atoms with van der Waals surface area (Å²) in [4.78, 5) is 14.1. The summed E-state index contributed by atoms with van der Waals surface area (Å²) in [6.45, 7) is 7.05. The Kier molecular flexibility index (Phi) is 5.84. The van der Waals surface area contributed by atoms with Crippen molar-refractivity contribution >= 4 is 15.7 Å². The van der Waals surface area contributed by atoms with E-state index in [2.05, 4.69) is 10.2 Å². The van der Waals surface area contributed by atoms with E-state index >= 15 is 0 Å². The lowest BCUT2D eigenvalue weighted by Gasteiger charge is -2.32. The molecule has 0 aliphatic carbocycles. The number of H-pyrrole nitrogens is 1. The number of nitrogens with one attached hydrogen (secondary N) is 1. The van der Waals surface area contributed by atoms with Gasteiger partial charge in [-0.05, 0) is 31.7 Å². The first-order valence-corrected chi connectivity index (χ1v) is 10.1. The van der Waals surface area contributed by atoms with Gasteiger partial charge in [0.1, 0.15) is 0 Å². The number of aromatic nitrogens is 2. The number of likely N-dealkylation sites (tertiary alicyclic amines) is 1. The number of carbonyl (C=O) groups excluding carboxylic acids is 1. The van der Waals surface area contributed by atoms with E-state index in [9.17, 15) is 13.2 Å². The van der Waals surface area contributed by atoms with Crippen LogP contribution in [0.2, 0.25) is 0 Å². The zero-order valence-corrected chi connectivity index (χ0v) is 15.0. The highest BCUT2D eigenvalue weighted by Crippen LogP contribution is 2.26. The van der Waals surface area contributed by atoms with E-state index in [0.717, 1.165) is 24.2 Å². The van der Waals surface area contributed by atoms with Crippen LogP contribution in [0.4, 0.5) is 0 Å². The topological polar surface area (TPSA) is 83.1 Å². The van der Waals surface area contributed by atoms with E-state index in [0.29, 0.717) is 13.1 Å². The van der Waals surface area contributed by atoms with Gasteiger partial charge in [-0.25, -0.2) is 8.42 Å². The Hall–Kier alpha value is -1.37. The molecule has 6 nitrogen and oxygen atoms in total. The van der Waals surface area contributed by atoms with Crippen molar-refractivity contribution in [3.05, 3.63) is 17.5 Å². The summed E-state index contributed by atoms with van der Waals surface area (Å²) in [7, 11) is -3.14. The molecular formula is C16H27N3O3S. The minimum atomic E-state index is -3.14. The quantitative estimate of drug-likeness (QED) is 0.856. The highest BCUT2D eigenvalue weighted by Gasteiger charge is 2.27. The lowest BCUT2D eigenvalue weighted by atomic mass is 9.94. The first kappa shape index (κ1) is 18.0. The molecule has 2 heterocycles. The predicted octanol–water partition coefficient (Wildman–Crippen LogP) is 1.89. The fourth-order valence-corrected chi connectivity index (χ4v) is 4.75.